The number of rotatable bonds is 4. The molecule has 2 atom stereocenters. The lowest BCUT2D eigenvalue weighted by atomic mass is 10.0. The monoisotopic (exact) mass is 393 g/mol. The summed E-state index contributed by atoms with van der Waals surface area (Å²) < 4.78 is 1.99. The molecular weight excluding hydrogens is 366 g/mol. The Hall–Kier alpha value is -1.98. The summed E-state index contributed by atoms with van der Waals surface area (Å²) in [7, 11) is 0. The fraction of sp³-hybridized carbons (Fsp3) is 0.435. The molecule has 2 aliphatic rings. The van der Waals surface area contributed by atoms with Crippen LogP contribution in [-0.2, 0) is 0 Å². The first-order valence-corrected chi connectivity index (χ1v) is 11.3. The number of imidazole rings is 1. The number of hydrogen-bond acceptors (Lipinski definition) is 3. The summed E-state index contributed by atoms with van der Waals surface area (Å²) in [6.07, 6.45) is 4.72. The number of hydrogen-bond donors (Lipinski definition) is 1. The number of aromatic amines is 1. The third-order valence-corrected chi connectivity index (χ3v) is 7.89. The highest BCUT2D eigenvalue weighted by atomic mass is 32.2. The molecule has 1 aromatic heterocycles. The van der Waals surface area contributed by atoms with Crippen LogP contribution in [0.25, 0.3) is 11.0 Å². The molecule has 3 aromatic rings. The van der Waals surface area contributed by atoms with Crippen LogP contribution in [0.2, 0.25) is 0 Å². The van der Waals surface area contributed by atoms with Crippen molar-refractivity contribution >= 4 is 22.8 Å². The Morgan fingerprint density at radius 2 is 1.68 bits per heavy atom. The van der Waals surface area contributed by atoms with Gasteiger partial charge in [-0.1, -0.05) is 42.5 Å². The third kappa shape index (κ3) is 3.53. The number of H-pyrrole nitrogens is 1. The van der Waals surface area contributed by atoms with Crippen molar-refractivity contribution in [3.05, 3.63) is 70.6 Å². The van der Waals surface area contributed by atoms with Gasteiger partial charge in [0.15, 0.2) is 0 Å². The number of fused-ring (bicyclic) bond motifs is 1. The molecule has 2 aliphatic heterocycles. The standard InChI is InChI=1S/C23H27N3OS/c27-23-24-20-8-4-5-9-21(20)26(23)18-12-14-25(15-13-18)16-19-10-11-22(28-19)17-6-2-1-3-7-17/h1-9,18-19,22H,10-16H2,(H,24,27). The minimum atomic E-state index is 0.0386. The van der Waals surface area contributed by atoms with Crippen molar-refractivity contribution in [2.24, 2.45) is 0 Å². The number of aromatic nitrogens is 2. The van der Waals surface area contributed by atoms with Gasteiger partial charge in [-0.15, -0.1) is 11.8 Å². The first-order valence-electron chi connectivity index (χ1n) is 10.4. The van der Waals surface area contributed by atoms with Crippen LogP contribution in [0.5, 0.6) is 0 Å². The Kier molecular flexibility index (Phi) is 5.03. The molecule has 0 saturated carbocycles. The Bertz CT molecular complexity index is 988. The third-order valence-electron chi connectivity index (χ3n) is 6.29. The van der Waals surface area contributed by atoms with Gasteiger partial charge < -0.3 is 9.88 Å². The fourth-order valence-electron chi connectivity index (χ4n) is 4.84. The molecule has 2 aromatic carbocycles. The maximum Gasteiger partial charge on any atom is 0.326 e. The van der Waals surface area contributed by atoms with Gasteiger partial charge >= 0.3 is 5.69 Å². The molecular formula is C23H27N3OS. The smallest absolute Gasteiger partial charge is 0.306 e. The summed E-state index contributed by atoms with van der Waals surface area (Å²) in [5.41, 5.74) is 3.51. The highest BCUT2D eigenvalue weighted by Crippen LogP contribution is 2.45. The summed E-state index contributed by atoms with van der Waals surface area (Å²) in [6, 6.07) is 19.3. The first-order chi connectivity index (χ1) is 13.8. The van der Waals surface area contributed by atoms with E-state index in [1.54, 1.807) is 0 Å². The molecule has 0 aliphatic carbocycles. The van der Waals surface area contributed by atoms with Crippen LogP contribution in [0.3, 0.4) is 0 Å². The number of benzene rings is 2. The zero-order valence-electron chi connectivity index (χ0n) is 16.1. The maximum atomic E-state index is 12.5. The van der Waals surface area contributed by atoms with Gasteiger partial charge in [-0.25, -0.2) is 4.79 Å². The highest BCUT2D eigenvalue weighted by Gasteiger charge is 2.30. The van der Waals surface area contributed by atoms with E-state index in [-0.39, 0.29) is 5.69 Å². The second kappa shape index (κ2) is 7.80. The number of nitrogens with zero attached hydrogens (tertiary/aromatic N) is 2. The van der Waals surface area contributed by atoms with Crippen LogP contribution in [0.4, 0.5) is 0 Å². The minimum Gasteiger partial charge on any atom is -0.306 e. The lowest BCUT2D eigenvalue weighted by Gasteiger charge is -2.33. The fourth-order valence-corrected chi connectivity index (χ4v) is 6.46. The van der Waals surface area contributed by atoms with Crippen LogP contribution in [0.1, 0.15) is 42.5 Å². The first kappa shape index (κ1) is 18.1. The molecule has 146 valence electrons. The van der Waals surface area contributed by atoms with E-state index in [0.29, 0.717) is 11.3 Å². The number of likely N-dealkylation sites (tertiary alicyclic amines) is 1. The van der Waals surface area contributed by atoms with Gasteiger partial charge in [0, 0.05) is 36.2 Å². The van der Waals surface area contributed by atoms with Crippen molar-refractivity contribution in [2.45, 2.75) is 42.2 Å². The van der Waals surface area contributed by atoms with Crippen LogP contribution < -0.4 is 5.69 Å². The van der Waals surface area contributed by atoms with Crippen molar-refractivity contribution in [3.63, 3.8) is 0 Å². The average molecular weight is 394 g/mol. The summed E-state index contributed by atoms with van der Waals surface area (Å²) in [6.45, 7) is 3.36. The second-order valence-electron chi connectivity index (χ2n) is 8.08. The van der Waals surface area contributed by atoms with Crippen molar-refractivity contribution in [3.8, 4) is 0 Å². The molecule has 28 heavy (non-hydrogen) atoms. The van der Waals surface area contributed by atoms with Gasteiger partial charge in [-0.05, 0) is 43.4 Å². The molecule has 0 amide bonds. The molecule has 5 rings (SSSR count). The van der Waals surface area contributed by atoms with Crippen LogP contribution in [0, 0.1) is 0 Å². The zero-order valence-corrected chi connectivity index (χ0v) is 16.9. The van der Waals surface area contributed by atoms with Crippen LogP contribution in [-0.4, -0.2) is 39.3 Å². The van der Waals surface area contributed by atoms with E-state index in [4.69, 9.17) is 0 Å². The number of thioether (sulfide) groups is 1. The lowest BCUT2D eigenvalue weighted by Crippen LogP contribution is -2.39. The molecule has 0 spiro atoms. The van der Waals surface area contributed by atoms with E-state index in [1.165, 1.54) is 24.9 Å². The largest absolute Gasteiger partial charge is 0.326 e. The average Bonchev–Trinajstić information content (AvgIpc) is 3.33. The summed E-state index contributed by atoms with van der Waals surface area (Å²) in [5, 5.41) is 1.39. The number of para-hydroxylation sites is 2. The molecule has 1 N–H and O–H groups in total. The van der Waals surface area contributed by atoms with Gasteiger partial charge in [0.25, 0.3) is 0 Å². The Labute approximate surface area is 169 Å². The molecule has 2 fully saturated rings. The normalized spacial score (nSPS) is 24.1. The predicted molar refractivity (Wildman–Crippen MR) is 117 cm³/mol. The second-order valence-corrected chi connectivity index (χ2v) is 9.59. The summed E-state index contributed by atoms with van der Waals surface area (Å²) in [4.78, 5) is 18.1. The van der Waals surface area contributed by atoms with Crippen LogP contribution in [0.15, 0.2) is 59.4 Å². The molecule has 5 heteroatoms. The SMILES string of the molecule is O=c1[nH]c2ccccc2n1C1CCN(CC2CCC(c3ccccc3)S2)CC1. The predicted octanol–water partition coefficient (Wildman–Crippen LogP) is 4.60. The van der Waals surface area contributed by atoms with Crippen LogP contribution >= 0.6 is 11.8 Å². The minimum absolute atomic E-state index is 0.0386. The van der Waals surface area contributed by atoms with Crippen molar-refractivity contribution in [2.75, 3.05) is 19.6 Å². The van der Waals surface area contributed by atoms with E-state index in [0.717, 1.165) is 42.2 Å². The Balaban J connectivity index is 1.19. The lowest BCUT2D eigenvalue weighted by molar-refractivity contribution is 0.187. The van der Waals surface area contributed by atoms with E-state index in [1.807, 2.05) is 22.8 Å². The molecule has 4 nitrogen and oxygen atoms in total. The quantitative estimate of drug-likeness (QED) is 0.704. The van der Waals surface area contributed by atoms with Crippen molar-refractivity contribution < 1.29 is 0 Å². The van der Waals surface area contributed by atoms with E-state index < -0.39 is 0 Å². The topological polar surface area (TPSA) is 41.0 Å². The molecule has 2 unspecified atom stereocenters. The number of piperidine rings is 1. The molecule has 2 saturated heterocycles. The zero-order chi connectivity index (χ0) is 18.9. The maximum absolute atomic E-state index is 12.5. The molecule has 0 radical (unpaired) electrons. The van der Waals surface area contributed by atoms with E-state index in [9.17, 15) is 4.79 Å². The Morgan fingerprint density at radius 3 is 2.50 bits per heavy atom. The molecule has 0 bridgehead atoms. The van der Waals surface area contributed by atoms with Gasteiger partial charge in [0.05, 0.1) is 11.0 Å². The summed E-state index contributed by atoms with van der Waals surface area (Å²) >= 11 is 2.16. The summed E-state index contributed by atoms with van der Waals surface area (Å²) in [5.74, 6) is 0. The van der Waals surface area contributed by atoms with Crippen molar-refractivity contribution in [1.29, 1.82) is 0 Å². The van der Waals surface area contributed by atoms with E-state index in [2.05, 4.69) is 58.0 Å². The molecule has 3 heterocycles. The van der Waals surface area contributed by atoms with Gasteiger partial charge in [0.1, 0.15) is 0 Å². The van der Waals surface area contributed by atoms with Gasteiger partial charge in [0.2, 0.25) is 0 Å². The van der Waals surface area contributed by atoms with Crippen molar-refractivity contribution in [1.82, 2.24) is 14.5 Å². The highest BCUT2D eigenvalue weighted by molar-refractivity contribution is 8.00. The Morgan fingerprint density at radius 1 is 0.929 bits per heavy atom. The number of nitrogens with one attached hydrogen (secondary N) is 1. The van der Waals surface area contributed by atoms with E-state index >= 15 is 0 Å². The van der Waals surface area contributed by atoms with Gasteiger partial charge in [-0.2, -0.15) is 0 Å². The van der Waals surface area contributed by atoms with Gasteiger partial charge in [-0.3, -0.25) is 4.57 Å².